The lowest BCUT2D eigenvalue weighted by molar-refractivity contribution is 0.176. The first-order chi connectivity index (χ1) is 9.78. The summed E-state index contributed by atoms with van der Waals surface area (Å²) in [5.41, 5.74) is 1.14. The largest absolute Gasteiger partial charge is 0.493 e. The van der Waals surface area contributed by atoms with Crippen molar-refractivity contribution in [2.45, 2.75) is 19.1 Å². The lowest BCUT2D eigenvalue weighted by Gasteiger charge is -2.19. The van der Waals surface area contributed by atoms with E-state index in [4.69, 9.17) is 13.9 Å². The van der Waals surface area contributed by atoms with Gasteiger partial charge in [-0.2, -0.15) is 0 Å². The van der Waals surface area contributed by atoms with E-state index in [1.54, 1.807) is 13.4 Å². The summed E-state index contributed by atoms with van der Waals surface area (Å²) in [4.78, 5) is 2.24. The lowest BCUT2D eigenvalue weighted by atomic mass is 10.1. The SMILES string of the molecule is COc1ccccc1OC1CCN(C)Cc2occc21.Cl. The maximum absolute atomic E-state index is 6.18. The third-order valence-electron chi connectivity index (χ3n) is 3.65. The molecule has 0 aliphatic carbocycles. The molecule has 0 saturated heterocycles. The maximum Gasteiger partial charge on any atom is 0.162 e. The zero-order chi connectivity index (χ0) is 13.9. The second-order valence-electron chi connectivity index (χ2n) is 5.08. The minimum absolute atomic E-state index is 0. The first-order valence-electron chi connectivity index (χ1n) is 6.82. The number of furan rings is 1. The summed E-state index contributed by atoms with van der Waals surface area (Å²) in [6, 6.07) is 9.75. The number of hydrogen-bond donors (Lipinski definition) is 0. The number of ether oxygens (including phenoxy) is 2. The van der Waals surface area contributed by atoms with Crippen molar-refractivity contribution in [3.63, 3.8) is 0 Å². The molecule has 0 N–H and O–H groups in total. The van der Waals surface area contributed by atoms with Crippen molar-refractivity contribution in [3.05, 3.63) is 47.9 Å². The van der Waals surface area contributed by atoms with Gasteiger partial charge in [0.25, 0.3) is 0 Å². The molecule has 1 aliphatic rings. The molecule has 0 radical (unpaired) electrons. The Bertz CT molecular complexity index is 584. The van der Waals surface area contributed by atoms with Crippen LogP contribution in [-0.4, -0.2) is 25.6 Å². The summed E-state index contributed by atoms with van der Waals surface area (Å²) in [7, 11) is 3.75. The predicted molar refractivity (Wildman–Crippen MR) is 83.3 cm³/mol. The van der Waals surface area contributed by atoms with Gasteiger partial charge in [-0.1, -0.05) is 12.1 Å². The van der Waals surface area contributed by atoms with E-state index in [9.17, 15) is 0 Å². The Morgan fingerprint density at radius 3 is 2.71 bits per heavy atom. The average Bonchev–Trinajstić information content (AvgIpc) is 2.86. The van der Waals surface area contributed by atoms with Gasteiger partial charge in [-0.15, -0.1) is 12.4 Å². The van der Waals surface area contributed by atoms with Crippen LogP contribution in [0.1, 0.15) is 23.8 Å². The Morgan fingerprint density at radius 2 is 1.95 bits per heavy atom. The Labute approximate surface area is 131 Å². The molecule has 1 aromatic carbocycles. The van der Waals surface area contributed by atoms with Crippen molar-refractivity contribution in [1.82, 2.24) is 4.90 Å². The highest BCUT2D eigenvalue weighted by Crippen LogP contribution is 2.35. The van der Waals surface area contributed by atoms with E-state index >= 15 is 0 Å². The van der Waals surface area contributed by atoms with Crippen molar-refractivity contribution >= 4 is 12.4 Å². The molecule has 1 atom stereocenters. The van der Waals surface area contributed by atoms with Gasteiger partial charge in [0.15, 0.2) is 11.5 Å². The predicted octanol–water partition coefficient (Wildman–Crippen LogP) is 3.67. The number of methoxy groups -OCH3 is 1. The molecule has 5 heteroatoms. The maximum atomic E-state index is 6.18. The third kappa shape index (κ3) is 3.34. The van der Waals surface area contributed by atoms with Gasteiger partial charge in [0.2, 0.25) is 0 Å². The Kier molecular flexibility index (Phi) is 5.15. The number of para-hydroxylation sites is 2. The highest BCUT2D eigenvalue weighted by molar-refractivity contribution is 5.85. The van der Waals surface area contributed by atoms with E-state index in [1.165, 1.54) is 0 Å². The van der Waals surface area contributed by atoms with Gasteiger partial charge in [-0.25, -0.2) is 0 Å². The number of benzene rings is 1. The number of hydrogen-bond acceptors (Lipinski definition) is 4. The molecule has 2 heterocycles. The van der Waals surface area contributed by atoms with Crippen LogP contribution in [-0.2, 0) is 6.54 Å². The van der Waals surface area contributed by atoms with Gasteiger partial charge in [0, 0.05) is 18.5 Å². The molecule has 3 rings (SSSR count). The van der Waals surface area contributed by atoms with E-state index in [1.807, 2.05) is 30.3 Å². The molecule has 1 aliphatic heterocycles. The van der Waals surface area contributed by atoms with Crippen LogP contribution in [0.3, 0.4) is 0 Å². The van der Waals surface area contributed by atoms with Gasteiger partial charge in [0.1, 0.15) is 11.9 Å². The van der Waals surface area contributed by atoms with E-state index < -0.39 is 0 Å². The van der Waals surface area contributed by atoms with E-state index in [-0.39, 0.29) is 18.5 Å². The standard InChI is InChI=1S/C16H19NO3.ClH/c1-17-9-7-13(12-8-10-19-16(12)11-17)20-15-6-4-3-5-14(15)18-2;/h3-6,8,10,13H,7,9,11H2,1-2H3;1H. The van der Waals surface area contributed by atoms with Crippen LogP contribution in [0.4, 0.5) is 0 Å². The fraction of sp³-hybridized carbons (Fsp3) is 0.375. The lowest BCUT2D eigenvalue weighted by Crippen LogP contribution is -2.18. The number of nitrogens with zero attached hydrogens (tertiary/aromatic N) is 1. The van der Waals surface area contributed by atoms with Gasteiger partial charge in [-0.05, 0) is 25.2 Å². The smallest absolute Gasteiger partial charge is 0.162 e. The van der Waals surface area contributed by atoms with Crippen molar-refractivity contribution in [3.8, 4) is 11.5 Å². The topological polar surface area (TPSA) is 34.8 Å². The van der Waals surface area contributed by atoms with Crippen LogP contribution in [0.2, 0.25) is 0 Å². The Balaban J connectivity index is 0.00000161. The molecule has 0 bridgehead atoms. The monoisotopic (exact) mass is 309 g/mol. The summed E-state index contributed by atoms with van der Waals surface area (Å²) in [5, 5.41) is 0. The number of fused-ring (bicyclic) bond motifs is 1. The van der Waals surface area contributed by atoms with Crippen LogP contribution in [0.5, 0.6) is 11.5 Å². The van der Waals surface area contributed by atoms with Gasteiger partial charge in [-0.3, -0.25) is 4.90 Å². The molecule has 1 unspecified atom stereocenters. The third-order valence-corrected chi connectivity index (χ3v) is 3.65. The minimum atomic E-state index is 0. The summed E-state index contributed by atoms with van der Waals surface area (Å²) in [6.45, 7) is 1.80. The van der Waals surface area contributed by atoms with Gasteiger partial charge < -0.3 is 13.9 Å². The Morgan fingerprint density at radius 1 is 1.19 bits per heavy atom. The van der Waals surface area contributed by atoms with Gasteiger partial charge in [0.05, 0.1) is 19.9 Å². The highest BCUT2D eigenvalue weighted by Gasteiger charge is 2.25. The fourth-order valence-electron chi connectivity index (χ4n) is 2.58. The van der Waals surface area contributed by atoms with Crippen LogP contribution in [0, 0.1) is 0 Å². The quantitative estimate of drug-likeness (QED) is 0.866. The summed E-state index contributed by atoms with van der Waals surface area (Å²) in [6.07, 6.45) is 2.67. The summed E-state index contributed by atoms with van der Waals surface area (Å²) in [5.74, 6) is 2.52. The van der Waals surface area contributed by atoms with Crippen molar-refractivity contribution in [2.24, 2.45) is 0 Å². The molecule has 0 fully saturated rings. The van der Waals surface area contributed by atoms with Crippen LogP contribution < -0.4 is 9.47 Å². The van der Waals surface area contributed by atoms with Gasteiger partial charge >= 0.3 is 0 Å². The van der Waals surface area contributed by atoms with Crippen LogP contribution >= 0.6 is 12.4 Å². The molecule has 1 aromatic heterocycles. The molecule has 21 heavy (non-hydrogen) atoms. The molecule has 2 aromatic rings. The molecular weight excluding hydrogens is 290 g/mol. The average molecular weight is 310 g/mol. The van der Waals surface area contributed by atoms with Crippen LogP contribution in [0.15, 0.2) is 41.0 Å². The zero-order valence-corrected chi connectivity index (χ0v) is 13.1. The number of rotatable bonds is 3. The Hall–Kier alpha value is -1.65. The van der Waals surface area contributed by atoms with Crippen LogP contribution in [0.25, 0.3) is 0 Å². The number of halogens is 1. The zero-order valence-electron chi connectivity index (χ0n) is 12.2. The first-order valence-corrected chi connectivity index (χ1v) is 6.82. The second kappa shape index (κ2) is 6.87. The normalized spacial score (nSPS) is 18.3. The minimum Gasteiger partial charge on any atom is -0.493 e. The van der Waals surface area contributed by atoms with E-state index in [0.717, 1.165) is 42.3 Å². The second-order valence-corrected chi connectivity index (χ2v) is 5.08. The molecule has 0 spiro atoms. The van der Waals surface area contributed by atoms with E-state index in [2.05, 4.69) is 11.9 Å². The molecule has 0 amide bonds. The molecular formula is C16H20ClNO3. The molecule has 0 saturated carbocycles. The highest BCUT2D eigenvalue weighted by atomic mass is 35.5. The van der Waals surface area contributed by atoms with E-state index in [0.29, 0.717) is 0 Å². The molecule has 114 valence electrons. The van der Waals surface area contributed by atoms with Crippen molar-refractivity contribution < 1.29 is 13.9 Å². The first kappa shape index (κ1) is 15.7. The summed E-state index contributed by atoms with van der Waals surface area (Å²) < 4.78 is 17.1. The summed E-state index contributed by atoms with van der Waals surface area (Å²) >= 11 is 0. The van der Waals surface area contributed by atoms with Crippen molar-refractivity contribution in [2.75, 3.05) is 20.7 Å². The fourth-order valence-corrected chi connectivity index (χ4v) is 2.58. The molecule has 4 nitrogen and oxygen atoms in total. The van der Waals surface area contributed by atoms with Crippen molar-refractivity contribution in [1.29, 1.82) is 0 Å².